The molecule has 16 heavy (non-hydrogen) atoms. The molecule has 0 aliphatic heterocycles. The number of halogens is 1. The molecule has 0 bridgehead atoms. The van der Waals surface area contributed by atoms with Crippen molar-refractivity contribution in [2.24, 2.45) is 0 Å². The van der Waals surface area contributed by atoms with Gasteiger partial charge in [-0.3, -0.25) is 9.78 Å². The quantitative estimate of drug-likeness (QED) is 0.882. The molecule has 6 heteroatoms. The molecule has 0 atom stereocenters. The van der Waals surface area contributed by atoms with Crippen LogP contribution in [0.4, 0.5) is 0 Å². The summed E-state index contributed by atoms with van der Waals surface area (Å²) in [5, 5.41) is 6.69. The third kappa shape index (κ3) is 2.38. The summed E-state index contributed by atoms with van der Waals surface area (Å²) in [5.74, 6) is -0.291. The van der Waals surface area contributed by atoms with Gasteiger partial charge in [0.2, 0.25) is 0 Å². The molecule has 0 fully saturated rings. The molecule has 0 saturated heterocycles. The van der Waals surface area contributed by atoms with Crippen LogP contribution in [0.2, 0.25) is 5.02 Å². The molecule has 0 aliphatic rings. The Bertz CT molecular complexity index is 485. The minimum atomic E-state index is -0.291. The first-order valence-corrected chi connectivity index (χ1v) is 4.92. The average Bonchev–Trinajstić information content (AvgIpc) is 2.79. The number of nitrogens with zero attached hydrogens (tertiary/aromatic N) is 2. The Morgan fingerprint density at radius 1 is 1.50 bits per heavy atom. The summed E-state index contributed by atoms with van der Waals surface area (Å²) in [7, 11) is 0. The van der Waals surface area contributed by atoms with Crippen LogP contribution in [0.25, 0.3) is 0 Å². The van der Waals surface area contributed by atoms with Crippen molar-refractivity contribution in [3.05, 3.63) is 47.1 Å². The number of hydrogen-bond acceptors (Lipinski definition) is 4. The van der Waals surface area contributed by atoms with Gasteiger partial charge in [-0.2, -0.15) is 0 Å². The Hall–Kier alpha value is -1.88. The van der Waals surface area contributed by atoms with Gasteiger partial charge in [0.05, 0.1) is 17.1 Å². The van der Waals surface area contributed by atoms with Crippen LogP contribution in [-0.2, 0) is 6.54 Å². The minimum Gasteiger partial charge on any atom is -0.364 e. The first-order chi connectivity index (χ1) is 7.77. The van der Waals surface area contributed by atoms with Gasteiger partial charge in [0.25, 0.3) is 5.91 Å². The van der Waals surface area contributed by atoms with E-state index in [1.807, 2.05) is 0 Å². The summed E-state index contributed by atoms with van der Waals surface area (Å²) in [6, 6.07) is 3.23. The fourth-order valence-corrected chi connectivity index (χ4v) is 1.33. The fraction of sp³-hybridized carbons (Fsp3) is 0.100. The second kappa shape index (κ2) is 4.76. The number of carbonyl (C=O) groups excluding carboxylic acids is 1. The van der Waals surface area contributed by atoms with Gasteiger partial charge in [0, 0.05) is 18.5 Å². The standard InChI is InChI=1S/C10H8ClN3O2/c11-9-1-3-12-6-8(9)10(15)13-5-7-2-4-16-14-7/h1-4,6H,5H2,(H,13,15). The van der Waals surface area contributed by atoms with E-state index in [1.165, 1.54) is 18.7 Å². The zero-order valence-corrected chi connectivity index (χ0v) is 8.94. The van der Waals surface area contributed by atoms with Crippen molar-refractivity contribution in [3.8, 4) is 0 Å². The van der Waals surface area contributed by atoms with E-state index in [-0.39, 0.29) is 5.91 Å². The second-order valence-corrected chi connectivity index (χ2v) is 3.44. The lowest BCUT2D eigenvalue weighted by Crippen LogP contribution is -2.23. The van der Waals surface area contributed by atoms with Crippen molar-refractivity contribution in [1.82, 2.24) is 15.5 Å². The fourth-order valence-electron chi connectivity index (χ4n) is 1.14. The molecular weight excluding hydrogens is 230 g/mol. The van der Waals surface area contributed by atoms with E-state index in [0.717, 1.165) is 0 Å². The molecule has 2 heterocycles. The van der Waals surface area contributed by atoms with Crippen molar-refractivity contribution in [3.63, 3.8) is 0 Å². The van der Waals surface area contributed by atoms with Crippen LogP contribution in [0.3, 0.4) is 0 Å². The summed E-state index contributed by atoms with van der Waals surface area (Å²) in [6.45, 7) is 0.292. The molecule has 0 aromatic carbocycles. The number of rotatable bonds is 3. The molecular formula is C10H8ClN3O2. The van der Waals surface area contributed by atoms with Gasteiger partial charge in [-0.05, 0) is 6.07 Å². The summed E-state index contributed by atoms with van der Waals surface area (Å²) < 4.78 is 4.64. The van der Waals surface area contributed by atoms with Crippen LogP contribution in [0, 0.1) is 0 Å². The maximum absolute atomic E-state index is 11.7. The van der Waals surface area contributed by atoms with Crippen molar-refractivity contribution in [2.75, 3.05) is 0 Å². The van der Waals surface area contributed by atoms with E-state index >= 15 is 0 Å². The molecule has 2 aromatic heterocycles. The minimum absolute atomic E-state index is 0.291. The highest BCUT2D eigenvalue weighted by Crippen LogP contribution is 2.13. The van der Waals surface area contributed by atoms with Crippen molar-refractivity contribution in [1.29, 1.82) is 0 Å². The second-order valence-electron chi connectivity index (χ2n) is 3.03. The number of carbonyl (C=O) groups is 1. The Morgan fingerprint density at radius 2 is 2.38 bits per heavy atom. The van der Waals surface area contributed by atoms with E-state index in [9.17, 15) is 4.79 Å². The molecule has 1 amide bonds. The summed E-state index contributed by atoms with van der Waals surface area (Å²) in [5.41, 5.74) is 0.987. The van der Waals surface area contributed by atoms with Gasteiger partial charge in [-0.25, -0.2) is 0 Å². The van der Waals surface area contributed by atoms with E-state index in [2.05, 4.69) is 20.0 Å². The Labute approximate surface area is 96.4 Å². The molecule has 5 nitrogen and oxygen atoms in total. The lowest BCUT2D eigenvalue weighted by atomic mass is 10.2. The molecule has 82 valence electrons. The van der Waals surface area contributed by atoms with E-state index in [0.29, 0.717) is 22.8 Å². The van der Waals surface area contributed by atoms with Crippen LogP contribution in [0.15, 0.2) is 35.3 Å². The molecule has 2 rings (SSSR count). The van der Waals surface area contributed by atoms with Gasteiger partial charge >= 0.3 is 0 Å². The van der Waals surface area contributed by atoms with Crippen LogP contribution >= 0.6 is 11.6 Å². The summed E-state index contributed by atoms with van der Waals surface area (Å²) in [4.78, 5) is 15.5. The normalized spacial score (nSPS) is 10.1. The Balaban J connectivity index is 2.01. The average molecular weight is 238 g/mol. The van der Waals surface area contributed by atoms with E-state index in [4.69, 9.17) is 11.6 Å². The molecule has 1 N–H and O–H groups in total. The highest BCUT2D eigenvalue weighted by Gasteiger charge is 2.10. The highest BCUT2D eigenvalue weighted by molar-refractivity contribution is 6.33. The first kappa shape index (κ1) is 10.6. The number of nitrogens with one attached hydrogen (secondary N) is 1. The molecule has 0 saturated carbocycles. The van der Waals surface area contributed by atoms with E-state index < -0.39 is 0 Å². The molecule has 2 aromatic rings. The van der Waals surface area contributed by atoms with Gasteiger partial charge < -0.3 is 9.84 Å². The van der Waals surface area contributed by atoms with Crippen molar-refractivity contribution < 1.29 is 9.32 Å². The van der Waals surface area contributed by atoms with Crippen LogP contribution in [-0.4, -0.2) is 16.0 Å². The smallest absolute Gasteiger partial charge is 0.254 e. The topological polar surface area (TPSA) is 68.0 Å². The lowest BCUT2D eigenvalue weighted by Gasteiger charge is -2.03. The third-order valence-electron chi connectivity index (χ3n) is 1.93. The van der Waals surface area contributed by atoms with Crippen molar-refractivity contribution >= 4 is 17.5 Å². The molecule has 0 spiro atoms. The Morgan fingerprint density at radius 3 is 3.06 bits per heavy atom. The summed E-state index contributed by atoms with van der Waals surface area (Å²) in [6.07, 6.45) is 4.38. The van der Waals surface area contributed by atoms with Gasteiger partial charge in [0.15, 0.2) is 0 Å². The summed E-state index contributed by atoms with van der Waals surface area (Å²) >= 11 is 5.84. The maximum atomic E-state index is 11.7. The molecule has 0 unspecified atom stereocenters. The number of pyridine rings is 1. The monoisotopic (exact) mass is 237 g/mol. The van der Waals surface area contributed by atoms with Crippen molar-refractivity contribution in [2.45, 2.75) is 6.54 Å². The predicted molar refractivity (Wildman–Crippen MR) is 56.9 cm³/mol. The molecule has 0 aliphatic carbocycles. The largest absolute Gasteiger partial charge is 0.364 e. The van der Waals surface area contributed by atoms with E-state index in [1.54, 1.807) is 12.1 Å². The van der Waals surface area contributed by atoms with Crippen LogP contribution in [0.1, 0.15) is 16.1 Å². The van der Waals surface area contributed by atoms with Gasteiger partial charge in [-0.15, -0.1) is 0 Å². The van der Waals surface area contributed by atoms with Gasteiger partial charge in [-0.1, -0.05) is 16.8 Å². The number of aromatic nitrogens is 2. The SMILES string of the molecule is O=C(NCc1ccon1)c1cnccc1Cl. The number of amides is 1. The van der Waals surface area contributed by atoms with Crippen LogP contribution in [0.5, 0.6) is 0 Å². The first-order valence-electron chi connectivity index (χ1n) is 4.54. The highest BCUT2D eigenvalue weighted by atomic mass is 35.5. The Kier molecular flexibility index (Phi) is 3.16. The maximum Gasteiger partial charge on any atom is 0.254 e. The zero-order chi connectivity index (χ0) is 11.4. The number of hydrogen-bond donors (Lipinski definition) is 1. The predicted octanol–water partition coefficient (Wildman–Crippen LogP) is 1.65. The van der Waals surface area contributed by atoms with Crippen LogP contribution < -0.4 is 5.32 Å². The lowest BCUT2D eigenvalue weighted by molar-refractivity contribution is 0.0950. The zero-order valence-electron chi connectivity index (χ0n) is 8.18. The molecule has 0 radical (unpaired) electrons. The van der Waals surface area contributed by atoms with Gasteiger partial charge in [0.1, 0.15) is 12.0 Å². The third-order valence-corrected chi connectivity index (χ3v) is 2.26.